The van der Waals surface area contributed by atoms with E-state index in [2.05, 4.69) is 49.4 Å². The molecule has 0 aliphatic carbocycles. The van der Waals surface area contributed by atoms with Crippen molar-refractivity contribution in [3.63, 3.8) is 0 Å². The molecule has 0 radical (unpaired) electrons. The van der Waals surface area contributed by atoms with Crippen LogP contribution in [0.5, 0.6) is 5.75 Å². The molecule has 0 saturated heterocycles. The monoisotopic (exact) mass is 375 g/mol. The van der Waals surface area contributed by atoms with Gasteiger partial charge in [0.2, 0.25) is 0 Å². The molecular formula is C22H24F3NO. The SMILES string of the molecule is C=C/C(=C\c1cc(CC)ccc1C)N(C)Cc1ccc(OC(F)(F)F)cc1. The highest BCUT2D eigenvalue weighted by atomic mass is 19.4. The summed E-state index contributed by atoms with van der Waals surface area (Å²) in [6.45, 7) is 8.61. The van der Waals surface area contributed by atoms with E-state index in [1.54, 1.807) is 18.2 Å². The van der Waals surface area contributed by atoms with Gasteiger partial charge in [-0.25, -0.2) is 0 Å². The normalized spacial score (nSPS) is 12.0. The van der Waals surface area contributed by atoms with Crippen molar-refractivity contribution in [1.82, 2.24) is 4.90 Å². The number of halogens is 3. The predicted octanol–water partition coefficient (Wildman–Crippen LogP) is 6.11. The minimum absolute atomic E-state index is 0.222. The Hall–Kier alpha value is -2.69. The van der Waals surface area contributed by atoms with Crippen LogP contribution in [0.25, 0.3) is 6.08 Å². The summed E-state index contributed by atoms with van der Waals surface area (Å²) in [5.41, 5.74) is 5.37. The number of nitrogens with zero attached hydrogens (tertiary/aromatic N) is 1. The molecule has 2 rings (SSSR count). The summed E-state index contributed by atoms with van der Waals surface area (Å²) in [6.07, 6.45) is 0.135. The first-order valence-corrected chi connectivity index (χ1v) is 8.71. The maximum absolute atomic E-state index is 12.2. The summed E-state index contributed by atoms with van der Waals surface area (Å²) >= 11 is 0. The Kier molecular flexibility index (Phi) is 6.72. The van der Waals surface area contributed by atoms with Gasteiger partial charge in [0.05, 0.1) is 0 Å². The molecule has 0 aliphatic heterocycles. The van der Waals surface area contributed by atoms with Crippen molar-refractivity contribution in [2.75, 3.05) is 7.05 Å². The molecular weight excluding hydrogens is 351 g/mol. The van der Waals surface area contributed by atoms with Crippen LogP contribution in [-0.4, -0.2) is 18.3 Å². The Balaban J connectivity index is 2.15. The third-order valence-corrected chi connectivity index (χ3v) is 4.28. The van der Waals surface area contributed by atoms with Crippen LogP contribution in [0.4, 0.5) is 13.2 Å². The van der Waals surface area contributed by atoms with E-state index in [0.29, 0.717) is 6.54 Å². The van der Waals surface area contributed by atoms with E-state index in [1.165, 1.54) is 23.3 Å². The Morgan fingerprint density at radius 3 is 2.30 bits per heavy atom. The second-order valence-corrected chi connectivity index (χ2v) is 6.37. The molecule has 0 amide bonds. The Labute approximate surface area is 158 Å². The van der Waals surface area contributed by atoms with Crippen LogP contribution in [0, 0.1) is 6.92 Å². The molecule has 27 heavy (non-hydrogen) atoms. The molecule has 2 aromatic carbocycles. The zero-order valence-corrected chi connectivity index (χ0v) is 15.8. The first kappa shape index (κ1) is 20.6. The minimum atomic E-state index is -4.68. The highest BCUT2D eigenvalue weighted by Gasteiger charge is 2.30. The lowest BCUT2D eigenvalue weighted by Gasteiger charge is -2.21. The summed E-state index contributed by atoms with van der Waals surface area (Å²) in [5.74, 6) is -0.222. The molecule has 5 heteroatoms. The van der Waals surface area contributed by atoms with Gasteiger partial charge in [-0.2, -0.15) is 0 Å². The largest absolute Gasteiger partial charge is 0.573 e. The molecule has 0 aliphatic rings. The number of ether oxygens (including phenoxy) is 1. The van der Waals surface area contributed by atoms with Crippen LogP contribution in [0.1, 0.15) is 29.2 Å². The maximum Gasteiger partial charge on any atom is 0.573 e. The van der Waals surface area contributed by atoms with Crippen LogP contribution in [-0.2, 0) is 13.0 Å². The lowest BCUT2D eigenvalue weighted by atomic mass is 10.0. The number of hydrogen-bond donors (Lipinski definition) is 0. The fourth-order valence-corrected chi connectivity index (χ4v) is 2.71. The van der Waals surface area contributed by atoms with Gasteiger partial charge in [-0.1, -0.05) is 43.8 Å². The Bertz CT molecular complexity index is 807. The van der Waals surface area contributed by atoms with E-state index in [0.717, 1.165) is 23.2 Å². The van der Waals surface area contributed by atoms with Gasteiger partial charge in [-0.15, -0.1) is 13.2 Å². The second kappa shape index (κ2) is 8.80. The summed E-state index contributed by atoms with van der Waals surface area (Å²) in [5, 5.41) is 0. The lowest BCUT2D eigenvalue weighted by Crippen LogP contribution is -2.17. The molecule has 0 aromatic heterocycles. The van der Waals surface area contributed by atoms with E-state index in [9.17, 15) is 13.2 Å². The summed E-state index contributed by atoms with van der Waals surface area (Å²) in [6, 6.07) is 12.3. The first-order valence-electron chi connectivity index (χ1n) is 8.71. The van der Waals surface area contributed by atoms with Crippen LogP contribution < -0.4 is 4.74 Å². The van der Waals surface area contributed by atoms with Gasteiger partial charge >= 0.3 is 6.36 Å². The fourth-order valence-electron chi connectivity index (χ4n) is 2.71. The van der Waals surface area contributed by atoms with Gasteiger partial charge in [0.15, 0.2) is 0 Å². The number of hydrogen-bond acceptors (Lipinski definition) is 2. The third-order valence-electron chi connectivity index (χ3n) is 4.28. The molecule has 0 N–H and O–H groups in total. The maximum atomic E-state index is 12.2. The summed E-state index contributed by atoms with van der Waals surface area (Å²) < 4.78 is 40.6. The van der Waals surface area contributed by atoms with Crippen LogP contribution in [0.2, 0.25) is 0 Å². The number of benzene rings is 2. The molecule has 0 fully saturated rings. The molecule has 0 bridgehead atoms. The number of allylic oxidation sites excluding steroid dienone is 1. The Morgan fingerprint density at radius 2 is 1.74 bits per heavy atom. The van der Waals surface area contributed by atoms with Gasteiger partial charge in [0, 0.05) is 19.3 Å². The van der Waals surface area contributed by atoms with Crippen LogP contribution >= 0.6 is 0 Å². The smallest absolute Gasteiger partial charge is 0.406 e. The van der Waals surface area contributed by atoms with Crippen molar-refractivity contribution in [3.8, 4) is 5.75 Å². The predicted molar refractivity (Wildman–Crippen MR) is 103 cm³/mol. The van der Waals surface area contributed by atoms with Gasteiger partial charge in [-0.3, -0.25) is 0 Å². The summed E-state index contributed by atoms with van der Waals surface area (Å²) in [7, 11) is 1.92. The topological polar surface area (TPSA) is 12.5 Å². The molecule has 144 valence electrons. The van der Waals surface area contributed by atoms with Gasteiger partial charge in [-0.05, 0) is 59.9 Å². The van der Waals surface area contributed by atoms with Crippen LogP contribution in [0.15, 0.2) is 60.8 Å². The lowest BCUT2D eigenvalue weighted by molar-refractivity contribution is -0.274. The molecule has 2 aromatic rings. The van der Waals surface area contributed by atoms with Crippen molar-refractivity contribution in [3.05, 3.63) is 83.1 Å². The van der Waals surface area contributed by atoms with Crippen molar-refractivity contribution >= 4 is 6.08 Å². The van der Waals surface area contributed by atoms with Crippen molar-refractivity contribution in [2.45, 2.75) is 33.2 Å². The highest BCUT2D eigenvalue weighted by Crippen LogP contribution is 2.24. The zero-order chi connectivity index (χ0) is 20.0. The first-order chi connectivity index (χ1) is 12.7. The molecule has 0 atom stereocenters. The molecule has 0 unspecified atom stereocenters. The number of aryl methyl sites for hydroxylation is 2. The van der Waals surface area contributed by atoms with Gasteiger partial charge < -0.3 is 9.64 Å². The molecule has 0 spiro atoms. The van der Waals surface area contributed by atoms with Gasteiger partial charge in [0.25, 0.3) is 0 Å². The van der Waals surface area contributed by atoms with Crippen molar-refractivity contribution < 1.29 is 17.9 Å². The van der Waals surface area contributed by atoms with Crippen LogP contribution in [0.3, 0.4) is 0 Å². The molecule has 0 saturated carbocycles. The number of likely N-dealkylation sites (N-methyl/N-ethyl adjacent to an activating group) is 1. The van der Waals surface area contributed by atoms with E-state index in [-0.39, 0.29) is 5.75 Å². The summed E-state index contributed by atoms with van der Waals surface area (Å²) in [4.78, 5) is 2.00. The van der Waals surface area contributed by atoms with Crippen molar-refractivity contribution in [1.29, 1.82) is 0 Å². The average molecular weight is 375 g/mol. The standard InChI is InChI=1S/C22H24F3NO/c1-5-17-8-7-16(3)19(13-17)14-20(6-2)26(4)15-18-9-11-21(12-10-18)27-22(23,24)25/h6-14H,2,5,15H2,1,3-4H3/b20-14+. The van der Waals surface area contributed by atoms with E-state index >= 15 is 0 Å². The van der Waals surface area contributed by atoms with E-state index in [4.69, 9.17) is 0 Å². The number of alkyl halides is 3. The molecule has 0 heterocycles. The number of rotatable bonds is 7. The fraction of sp³-hybridized carbons (Fsp3) is 0.273. The third kappa shape index (κ3) is 6.20. The quantitative estimate of drug-likeness (QED) is 0.541. The molecule has 2 nitrogen and oxygen atoms in total. The zero-order valence-electron chi connectivity index (χ0n) is 15.8. The van der Waals surface area contributed by atoms with Crippen molar-refractivity contribution in [2.24, 2.45) is 0 Å². The average Bonchev–Trinajstić information content (AvgIpc) is 2.61. The minimum Gasteiger partial charge on any atom is -0.406 e. The van der Waals surface area contributed by atoms with E-state index in [1.807, 2.05) is 11.9 Å². The Morgan fingerprint density at radius 1 is 1.11 bits per heavy atom. The van der Waals surface area contributed by atoms with Gasteiger partial charge in [0.1, 0.15) is 5.75 Å². The second-order valence-electron chi connectivity index (χ2n) is 6.37. The van der Waals surface area contributed by atoms with E-state index < -0.39 is 6.36 Å². The highest BCUT2D eigenvalue weighted by molar-refractivity contribution is 5.59.